The maximum atomic E-state index is 13.5. The molecule has 0 bridgehead atoms. The Morgan fingerprint density at radius 1 is 1.19 bits per heavy atom. The summed E-state index contributed by atoms with van der Waals surface area (Å²) in [5, 5.41) is 12.3. The molecule has 1 saturated heterocycles. The van der Waals surface area contributed by atoms with Crippen LogP contribution in [0.5, 0.6) is 0 Å². The third-order valence-corrected chi connectivity index (χ3v) is 6.47. The van der Waals surface area contributed by atoms with Crippen molar-refractivity contribution in [1.29, 1.82) is 0 Å². The smallest absolute Gasteiger partial charge is 0.264 e. The molecule has 164 valence electrons. The summed E-state index contributed by atoms with van der Waals surface area (Å²) < 4.78 is 7.16. The van der Waals surface area contributed by atoms with Crippen molar-refractivity contribution in [1.82, 2.24) is 20.4 Å². The van der Waals surface area contributed by atoms with Crippen LogP contribution in [0.1, 0.15) is 28.6 Å². The molecule has 1 fully saturated rings. The van der Waals surface area contributed by atoms with Gasteiger partial charge in [-0.25, -0.2) is 0 Å². The molecule has 1 aliphatic rings. The molecule has 4 aromatic rings. The fourth-order valence-corrected chi connectivity index (χ4v) is 4.88. The van der Waals surface area contributed by atoms with Crippen molar-refractivity contribution in [2.24, 2.45) is 5.92 Å². The van der Waals surface area contributed by atoms with E-state index >= 15 is 0 Å². The van der Waals surface area contributed by atoms with E-state index in [1.165, 1.54) is 0 Å². The number of benzene rings is 2. The number of aromatic nitrogens is 2. The highest BCUT2D eigenvalue weighted by Gasteiger charge is 2.28. The van der Waals surface area contributed by atoms with Crippen LogP contribution in [-0.4, -0.2) is 35.3 Å². The number of amides is 1. The van der Waals surface area contributed by atoms with Crippen LogP contribution in [0.3, 0.4) is 0 Å². The van der Waals surface area contributed by atoms with E-state index in [9.17, 15) is 9.59 Å². The predicted molar refractivity (Wildman–Crippen MR) is 124 cm³/mol. The van der Waals surface area contributed by atoms with Gasteiger partial charge in [-0.2, -0.15) is 0 Å². The van der Waals surface area contributed by atoms with Crippen LogP contribution in [0.15, 0.2) is 57.8 Å². The summed E-state index contributed by atoms with van der Waals surface area (Å²) in [7, 11) is 0. The number of carbonyl (C=O) groups is 1. The van der Waals surface area contributed by atoms with Gasteiger partial charge in [0.25, 0.3) is 11.5 Å². The fraction of sp³-hybridized carbons (Fsp3) is 0.292. The maximum absolute atomic E-state index is 13.5. The van der Waals surface area contributed by atoms with Gasteiger partial charge in [0, 0.05) is 24.0 Å². The lowest BCUT2D eigenvalue weighted by Crippen LogP contribution is -2.44. The number of piperidine rings is 1. The van der Waals surface area contributed by atoms with Gasteiger partial charge >= 0.3 is 0 Å². The molecule has 0 saturated carbocycles. The van der Waals surface area contributed by atoms with Gasteiger partial charge in [0.2, 0.25) is 0 Å². The number of rotatable bonds is 4. The number of carbonyl (C=O) groups excluding carboxylic acids is 1. The summed E-state index contributed by atoms with van der Waals surface area (Å²) in [6.45, 7) is 3.69. The third kappa shape index (κ3) is 3.57. The summed E-state index contributed by atoms with van der Waals surface area (Å²) in [6.07, 6.45) is 0.749. The molecular formula is C24H23ClN4O3. The Morgan fingerprint density at radius 3 is 2.81 bits per heavy atom. The van der Waals surface area contributed by atoms with Crippen LogP contribution < -0.4 is 16.2 Å². The molecule has 0 spiro atoms. The Morgan fingerprint density at radius 2 is 2.00 bits per heavy atom. The van der Waals surface area contributed by atoms with Gasteiger partial charge in [-0.05, 0) is 50.1 Å². The van der Waals surface area contributed by atoms with E-state index < -0.39 is 0 Å². The molecule has 5 rings (SSSR count). The minimum atomic E-state index is -0.130. The first-order chi connectivity index (χ1) is 15.5. The Bertz CT molecular complexity index is 1360. The number of pyridine rings is 1. The molecule has 0 radical (unpaired) electrons. The average molecular weight is 451 g/mol. The van der Waals surface area contributed by atoms with Crippen molar-refractivity contribution in [2.75, 3.05) is 19.6 Å². The lowest BCUT2D eigenvalue weighted by molar-refractivity contribution is 0.0942. The van der Waals surface area contributed by atoms with E-state index in [4.69, 9.17) is 16.1 Å². The molecule has 7 nitrogen and oxygen atoms in total. The number of nitrogens with zero attached hydrogens (tertiary/aromatic N) is 2. The SMILES string of the molecule is Cc1onc2c1c(=O)n(C1CNCC(CNC(=O)c3ccccc3)C1)c1cccc(Cl)c21. The highest BCUT2D eigenvalue weighted by Crippen LogP contribution is 2.33. The number of halogens is 1. The van der Waals surface area contributed by atoms with Crippen molar-refractivity contribution in [2.45, 2.75) is 19.4 Å². The molecule has 2 unspecified atom stereocenters. The normalized spacial score (nSPS) is 18.8. The second kappa shape index (κ2) is 8.41. The zero-order valence-corrected chi connectivity index (χ0v) is 18.4. The van der Waals surface area contributed by atoms with Gasteiger partial charge < -0.3 is 19.7 Å². The standard InChI is InChI=1S/C24H23ClN4O3/c1-14-20-22(28-32-14)21-18(25)8-5-9-19(21)29(24(20)31)17-10-15(11-26-13-17)12-27-23(30)16-6-3-2-4-7-16/h2-9,15,17,26H,10-13H2,1H3,(H,27,30). The monoisotopic (exact) mass is 450 g/mol. The topological polar surface area (TPSA) is 89.2 Å². The van der Waals surface area contributed by atoms with Crippen molar-refractivity contribution in [3.05, 3.63) is 75.2 Å². The zero-order valence-electron chi connectivity index (χ0n) is 17.6. The second-order valence-electron chi connectivity index (χ2n) is 8.26. The highest BCUT2D eigenvalue weighted by molar-refractivity contribution is 6.37. The van der Waals surface area contributed by atoms with Crippen molar-refractivity contribution in [3.8, 4) is 0 Å². The van der Waals surface area contributed by atoms with Crippen LogP contribution in [0.4, 0.5) is 0 Å². The largest absolute Gasteiger partial charge is 0.360 e. The quantitative estimate of drug-likeness (QED) is 0.495. The molecule has 2 N–H and O–H groups in total. The fourth-order valence-electron chi connectivity index (χ4n) is 4.62. The number of hydrogen-bond donors (Lipinski definition) is 2. The van der Waals surface area contributed by atoms with E-state index in [1.807, 2.05) is 34.9 Å². The summed E-state index contributed by atoms with van der Waals surface area (Å²) in [6, 6.07) is 14.6. The summed E-state index contributed by atoms with van der Waals surface area (Å²) in [5.74, 6) is 0.571. The first kappa shape index (κ1) is 20.7. The van der Waals surface area contributed by atoms with E-state index in [1.54, 1.807) is 25.1 Å². The number of aryl methyl sites for hydroxylation is 1. The third-order valence-electron chi connectivity index (χ3n) is 6.15. The molecular weight excluding hydrogens is 428 g/mol. The highest BCUT2D eigenvalue weighted by atomic mass is 35.5. The molecule has 2 atom stereocenters. The van der Waals surface area contributed by atoms with E-state index in [-0.39, 0.29) is 23.4 Å². The van der Waals surface area contributed by atoms with Crippen LogP contribution in [-0.2, 0) is 0 Å². The first-order valence-corrected chi connectivity index (χ1v) is 11.0. The Labute approximate surface area is 189 Å². The summed E-state index contributed by atoms with van der Waals surface area (Å²) >= 11 is 6.52. The lowest BCUT2D eigenvalue weighted by Gasteiger charge is -2.32. The summed E-state index contributed by atoms with van der Waals surface area (Å²) in [4.78, 5) is 26.0. The van der Waals surface area contributed by atoms with Gasteiger partial charge in [0.1, 0.15) is 16.7 Å². The van der Waals surface area contributed by atoms with E-state index in [0.717, 1.165) is 23.9 Å². The molecule has 1 amide bonds. The Hall–Kier alpha value is -3.16. The maximum Gasteiger partial charge on any atom is 0.264 e. The number of hydrogen-bond acceptors (Lipinski definition) is 5. The average Bonchev–Trinajstić information content (AvgIpc) is 3.20. The van der Waals surface area contributed by atoms with Crippen molar-refractivity contribution < 1.29 is 9.32 Å². The zero-order chi connectivity index (χ0) is 22.2. The summed E-state index contributed by atoms with van der Waals surface area (Å²) in [5.41, 5.74) is 1.75. The lowest BCUT2D eigenvalue weighted by atomic mass is 9.94. The van der Waals surface area contributed by atoms with E-state index in [0.29, 0.717) is 40.3 Å². The minimum Gasteiger partial charge on any atom is -0.360 e. The Kier molecular flexibility index (Phi) is 5.45. The van der Waals surface area contributed by atoms with Gasteiger partial charge in [0.15, 0.2) is 0 Å². The number of nitrogens with one attached hydrogen (secondary N) is 2. The van der Waals surface area contributed by atoms with Crippen molar-refractivity contribution in [3.63, 3.8) is 0 Å². The van der Waals surface area contributed by atoms with Gasteiger partial charge in [-0.1, -0.05) is 41.0 Å². The molecule has 8 heteroatoms. The number of fused-ring (bicyclic) bond motifs is 3. The van der Waals surface area contributed by atoms with Crippen LogP contribution >= 0.6 is 11.6 Å². The molecule has 3 heterocycles. The molecule has 1 aliphatic heterocycles. The van der Waals surface area contributed by atoms with Crippen LogP contribution in [0.25, 0.3) is 21.8 Å². The van der Waals surface area contributed by atoms with Gasteiger partial charge in [-0.3, -0.25) is 9.59 Å². The molecule has 2 aromatic carbocycles. The minimum absolute atomic E-state index is 0.0884. The first-order valence-electron chi connectivity index (χ1n) is 10.7. The van der Waals surface area contributed by atoms with E-state index in [2.05, 4.69) is 15.8 Å². The Balaban J connectivity index is 1.46. The molecule has 32 heavy (non-hydrogen) atoms. The van der Waals surface area contributed by atoms with Gasteiger partial charge in [-0.15, -0.1) is 0 Å². The van der Waals surface area contributed by atoms with Crippen LogP contribution in [0.2, 0.25) is 5.02 Å². The van der Waals surface area contributed by atoms with Crippen molar-refractivity contribution >= 4 is 39.3 Å². The molecule has 0 aliphatic carbocycles. The molecule has 2 aromatic heterocycles. The van der Waals surface area contributed by atoms with Crippen LogP contribution in [0, 0.1) is 12.8 Å². The second-order valence-corrected chi connectivity index (χ2v) is 8.67. The predicted octanol–water partition coefficient (Wildman–Crippen LogP) is 3.69. The van der Waals surface area contributed by atoms with Gasteiger partial charge in [0.05, 0.1) is 16.6 Å².